The summed E-state index contributed by atoms with van der Waals surface area (Å²) in [4.78, 5) is 34.7. The molecule has 1 rings (SSSR count). The highest BCUT2D eigenvalue weighted by Crippen LogP contribution is 2.20. The lowest BCUT2D eigenvalue weighted by molar-refractivity contribution is -0.152. The summed E-state index contributed by atoms with van der Waals surface area (Å²) in [6.07, 6.45) is -2.46. The maximum Gasteiger partial charge on any atom is 0.408 e. The van der Waals surface area contributed by atoms with Gasteiger partial charge in [0, 0.05) is 5.56 Å². The van der Waals surface area contributed by atoms with Crippen molar-refractivity contribution in [3.8, 4) is 0 Å². The third-order valence-corrected chi connectivity index (χ3v) is 2.98. The standard InChI is InChI=1S/C16H22N2O6/c1-16(2,3)24-15(22)18-11(12(19)14(21)23-4)9-5-7-10(8-6-9)13(17)20/h5-8,11-12,19H,1-4H3,(H2,17,20)(H,18,22)/t11-,12+/m0/s1. The van der Waals surface area contributed by atoms with Crippen LogP contribution in [0.25, 0.3) is 0 Å². The maximum atomic E-state index is 12.0. The molecule has 0 aliphatic heterocycles. The number of hydrogen-bond donors (Lipinski definition) is 3. The van der Waals surface area contributed by atoms with Crippen molar-refractivity contribution in [1.29, 1.82) is 0 Å². The lowest BCUT2D eigenvalue weighted by Crippen LogP contribution is -2.43. The number of rotatable bonds is 5. The van der Waals surface area contributed by atoms with E-state index in [2.05, 4.69) is 10.1 Å². The highest BCUT2D eigenvalue weighted by atomic mass is 16.6. The number of nitrogens with one attached hydrogen (secondary N) is 1. The van der Waals surface area contributed by atoms with Gasteiger partial charge in [0.05, 0.1) is 13.2 Å². The summed E-state index contributed by atoms with van der Waals surface area (Å²) in [6, 6.07) is 4.66. The largest absolute Gasteiger partial charge is 0.467 e. The number of alkyl carbamates (subject to hydrolysis) is 1. The Balaban J connectivity index is 3.07. The Kier molecular flexibility index (Phi) is 6.30. The van der Waals surface area contributed by atoms with Crippen LogP contribution in [-0.4, -0.2) is 41.9 Å². The van der Waals surface area contributed by atoms with E-state index in [0.717, 1.165) is 7.11 Å². The lowest BCUT2D eigenvalue weighted by Gasteiger charge is -2.26. The maximum absolute atomic E-state index is 12.0. The summed E-state index contributed by atoms with van der Waals surface area (Å²) in [5, 5.41) is 12.5. The van der Waals surface area contributed by atoms with Crippen LogP contribution < -0.4 is 11.1 Å². The Morgan fingerprint density at radius 3 is 2.12 bits per heavy atom. The Morgan fingerprint density at radius 1 is 1.17 bits per heavy atom. The molecule has 2 amide bonds. The predicted molar refractivity (Wildman–Crippen MR) is 85.1 cm³/mol. The molecule has 0 spiro atoms. The quantitative estimate of drug-likeness (QED) is 0.684. The van der Waals surface area contributed by atoms with Crippen LogP contribution in [0.3, 0.4) is 0 Å². The van der Waals surface area contributed by atoms with Crippen molar-refractivity contribution >= 4 is 18.0 Å². The molecule has 0 saturated heterocycles. The number of methoxy groups -OCH3 is 1. The summed E-state index contributed by atoms with van der Waals surface area (Å²) < 4.78 is 9.63. The van der Waals surface area contributed by atoms with Crippen molar-refractivity contribution in [3.05, 3.63) is 35.4 Å². The van der Waals surface area contributed by atoms with Crippen LogP contribution in [0, 0.1) is 0 Å². The number of amides is 2. The number of carbonyl (C=O) groups excluding carboxylic acids is 3. The van der Waals surface area contributed by atoms with E-state index >= 15 is 0 Å². The van der Waals surface area contributed by atoms with Gasteiger partial charge in [-0.25, -0.2) is 9.59 Å². The molecule has 0 bridgehead atoms. The molecule has 4 N–H and O–H groups in total. The molecule has 0 radical (unpaired) electrons. The summed E-state index contributed by atoms with van der Waals surface area (Å²) in [7, 11) is 1.12. The fourth-order valence-corrected chi connectivity index (χ4v) is 1.89. The van der Waals surface area contributed by atoms with Gasteiger partial charge in [-0.15, -0.1) is 0 Å². The van der Waals surface area contributed by atoms with Crippen LogP contribution >= 0.6 is 0 Å². The normalized spacial score (nSPS) is 13.5. The van der Waals surface area contributed by atoms with Gasteiger partial charge in [0.25, 0.3) is 0 Å². The number of esters is 1. The van der Waals surface area contributed by atoms with Crippen molar-refractivity contribution in [2.24, 2.45) is 5.73 Å². The molecular formula is C16H22N2O6. The summed E-state index contributed by atoms with van der Waals surface area (Å²) >= 11 is 0. The molecule has 0 saturated carbocycles. The molecule has 0 aromatic heterocycles. The predicted octanol–water partition coefficient (Wildman–Crippen LogP) is 0.885. The summed E-state index contributed by atoms with van der Waals surface area (Å²) in [6.45, 7) is 5.04. The minimum atomic E-state index is -1.65. The average molecular weight is 338 g/mol. The van der Waals surface area contributed by atoms with E-state index in [1.165, 1.54) is 24.3 Å². The van der Waals surface area contributed by atoms with Crippen molar-refractivity contribution in [1.82, 2.24) is 5.32 Å². The number of aliphatic hydroxyl groups excluding tert-OH is 1. The van der Waals surface area contributed by atoms with Gasteiger partial charge in [-0.3, -0.25) is 4.79 Å². The molecule has 0 unspecified atom stereocenters. The van der Waals surface area contributed by atoms with Gasteiger partial charge in [0.1, 0.15) is 5.60 Å². The number of ether oxygens (including phenoxy) is 2. The van der Waals surface area contributed by atoms with Gasteiger partial charge in [0.2, 0.25) is 5.91 Å². The third kappa shape index (κ3) is 5.54. The number of benzene rings is 1. The zero-order valence-corrected chi connectivity index (χ0v) is 14.0. The van der Waals surface area contributed by atoms with Crippen LogP contribution in [0.4, 0.5) is 4.79 Å². The van der Waals surface area contributed by atoms with Crippen LogP contribution in [0.15, 0.2) is 24.3 Å². The van der Waals surface area contributed by atoms with Gasteiger partial charge >= 0.3 is 12.1 Å². The van der Waals surface area contributed by atoms with Crippen molar-refractivity contribution in [3.63, 3.8) is 0 Å². The highest BCUT2D eigenvalue weighted by molar-refractivity contribution is 5.92. The van der Waals surface area contributed by atoms with Crippen molar-refractivity contribution in [2.45, 2.75) is 38.5 Å². The molecule has 24 heavy (non-hydrogen) atoms. The topological polar surface area (TPSA) is 128 Å². The molecule has 8 heteroatoms. The van der Waals surface area contributed by atoms with E-state index < -0.39 is 35.7 Å². The zero-order chi connectivity index (χ0) is 18.5. The molecule has 0 aliphatic carbocycles. The van der Waals surface area contributed by atoms with E-state index in [4.69, 9.17) is 10.5 Å². The fraction of sp³-hybridized carbons (Fsp3) is 0.438. The van der Waals surface area contributed by atoms with Crippen LogP contribution in [0.2, 0.25) is 0 Å². The number of nitrogens with two attached hydrogens (primary N) is 1. The summed E-state index contributed by atoms with van der Waals surface area (Å²) in [5.74, 6) is -1.54. The molecule has 8 nitrogen and oxygen atoms in total. The second-order valence-electron chi connectivity index (χ2n) is 6.08. The number of aliphatic hydroxyl groups is 1. The van der Waals surface area contributed by atoms with E-state index in [-0.39, 0.29) is 5.56 Å². The molecule has 1 aromatic rings. The number of carbonyl (C=O) groups is 3. The first kappa shape index (κ1) is 19.4. The fourth-order valence-electron chi connectivity index (χ4n) is 1.89. The second kappa shape index (κ2) is 7.78. The van der Waals surface area contributed by atoms with E-state index in [1.54, 1.807) is 20.8 Å². The van der Waals surface area contributed by atoms with E-state index in [1.807, 2.05) is 0 Å². The van der Waals surface area contributed by atoms with E-state index in [9.17, 15) is 19.5 Å². The van der Waals surface area contributed by atoms with Crippen LogP contribution in [0.1, 0.15) is 42.7 Å². The van der Waals surface area contributed by atoms with Gasteiger partial charge in [-0.05, 0) is 38.5 Å². The Hall–Kier alpha value is -2.61. The van der Waals surface area contributed by atoms with Gasteiger partial charge in [0.15, 0.2) is 6.10 Å². The molecule has 132 valence electrons. The Labute approximate surface area is 139 Å². The lowest BCUT2D eigenvalue weighted by atomic mass is 10.00. The molecule has 2 atom stereocenters. The smallest absolute Gasteiger partial charge is 0.408 e. The SMILES string of the molecule is COC(=O)[C@H](O)[C@@H](NC(=O)OC(C)(C)C)c1ccc(C(N)=O)cc1. The first-order valence-corrected chi connectivity index (χ1v) is 7.20. The minimum Gasteiger partial charge on any atom is -0.467 e. The number of hydrogen-bond acceptors (Lipinski definition) is 6. The second-order valence-corrected chi connectivity index (χ2v) is 6.08. The van der Waals surface area contributed by atoms with Crippen LogP contribution in [-0.2, 0) is 14.3 Å². The highest BCUT2D eigenvalue weighted by Gasteiger charge is 2.31. The first-order chi connectivity index (χ1) is 11.0. The van der Waals surface area contributed by atoms with Crippen molar-refractivity contribution in [2.75, 3.05) is 7.11 Å². The minimum absolute atomic E-state index is 0.252. The Morgan fingerprint density at radius 2 is 1.71 bits per heavy atom. The third-order valence-electron chi connectivity index (χ3n) is 2.98. The van der Waals surface area contributed by atoms with E-state index in [0.29, 0.717) is 5.56 Å². The number of primary amides is 1. The average Bonchev–Trinajstić information content (AvgIpc) is 2.49. The molecule has 1 aromatic carbocycles. The summed E-state index contributed by atoms with van der Waals surface area (Å²) in [5.41, 5.74) is 5.05. The molecule has 0 heterocycles. The zero-order valence-electron chi connectivity index (χ0n) is 14.0. The Bertz CT molecular complexity index is 606. The van der Waals surface area contributed by atoms with Crippen molar-refractivity contribution < 1.29 is 29.0 Å². The monoisotopic (exact) mass is 338 g/mol. The molecular weight excluding hydrogens is 316 g/mol. The first-order valence-electron chi connectivity index (χ1n) is 7.20. The van der Waals surface area contributed by atoms with Crippen LogP contribution in [0.5, 0.6) is 0 Å². The van der Waals surface area contributed by atoms with Gasteiger partial charge in [-0.2, -0.15) is 0 Å². The van der Waals surface area contributed by atoms with Gasteiger partial charge < -0.3 is 25.6 Å². The molecule has 0 aliphatic rings. The van der Waals surface area contributed by atoms with Gasteiger partial charge in [-0.1, -0.05) is 12.1 Å². The molecule has 0 fully saturated rings.